The minimum Gasteiger partial charge on any atom is -0.507 e. The van der Waals surface area contributed by atoms with Crippen LogP contribution in [0.25, 0.3) is 0 Å². The average molecular weight is 405 g/mol. The molecule has 0 fully saturated rings. The highest BCUT2D eigenvalue weighted by Crippen LogP contribution is 2.45. The quantitative estimate of drug-likeness (QED) is 0.542. The Bertz CT molecular complexity index is 698. The van der Waals surface area contributed by atoms with Crippen LogP contribution < -0.4 is 10.1 Å². The molecule has 2 atom stereocenters. The molecule has 1 heterocycles. The third kappa shape index (κ3) is 5.65. The van der Waals surface area contributed by atoms with Gasteiger partial charge in [0.2, 0.25) is 5.91 Å². The van der Waals surface area contributed by atoms with E-state index in [0.29, 0.717) is 12.3 Å². The van der Waals surface area contributed by atoms with Gasteiger partial charge in [0.15, 0.2) is 0 Å². The molecule has 1 amide bonds. The zero-order chi connectivity index (χ0) is 21.6. The third-order valence-corrected chi connectivity index (χ3v) is 6.37. The van der Waals surface area contributed by atoms with Crippen LogP contribution in [-0.2, 0) is 4.79 Å². The average Bonchev–Trinajstić information content (AvgIpc) is 2.71. The van der Waals surface area contributed by atoms with Crippen LogP contribution >= 0.6 is 0 Å². The van der Waals surface area contributed by atoms with Gasteiger partial charge in [0, 0.05) is 17.5 Å². The Morgan fingerprint density at radius 1 is 1.07 bits per heavy atom. The minimum absolute atomic E-state index is 0.0356. The number of phenols is 1. The summed E-state index contributed by atoms with van der Waals surface area (Å²) in [5, 5.41) is 13.9. The van der Waals surface area contributed by atoms with Gasteiger partial charge in [0.25, 0.3) is 0 Å². The lowest BCUT2D eigenvalue weighted by atomic mass is 9.87. The highest BCUT2D eigenvalue weighted by atomic mass is 16.5. The summed E-state index contributed by atoms with van der Waals surface area (Å²) in [6.45, 7) is 14.3. The lowest BCUT2D eigenvalue weighted by Gasteiger charge is -2.36. The van der Waals surface area contributed by atoms with Crippen molar-refractivity contribution in [1.82, 2.24) is 10.2 Å². The van der Waals surface area contributed by atoms with Crippen molar-refractivity contribution in [3.63, 3.8) is 0 Å². The second-order valence-corrected chi connectivity index (χ2v) is 8.37. The summed E-state index contributed by atoms with van der Waals surface area (Å²) in [6, 6.07) is -0.122. The Kier molecular flexibility index (Phi) is 8.81. The third-order valence-electron chi connectivity index (χ3n) is 6.37. The number of hydrogen-bond acceptors (Lipinski definition) is 4. The van der Waals surface area contributed by atoms with E-state index in [0.717, 1.165) is 60.4 Å². The maximum atomic E-state index is 12.7. The minimum atomic E-state index is -0.122. The number of ether oxygens (including phenoxy) is 1. The predicted octanol–water partition coefficient (Wildman–Crippen LogP) is 4.94. The van der Waals surface area contributed by atoms with Gasteiger partial charge in [0.05, 0.1) is 12.6 Å². The van der Waals surface area contributed by atoms with Gasteiger partial charge >= 0.3 is 0 Å². The first-order chi connectivity index (χ1) is 13.8. The van der Waals surface area contributed by atoms with E-state index in [-0.39, 0.29) is 18.1 Å². The number of rotatable bonds is 10. The molecule has 29 heavy (non-hydrogen) atoms. The van der Waals surface area contributed by atoms with Crippen LogP contribution in [0.1, 0.15) is 87.6 Å². The molecule has 0 spiro atoms. The first kappa shape index (κ1) is 23.5. The largest absolute Gasteiger partial charge is 0.507 e. The fourth-order valence-electron chi connectivity index (χ4n) is 4.29. The molecule has 5 nitrogen and oxygen atoms in total. The zero-order valence-corrected chi connectivity index (χ0v) is 19.2. The van der Waals surface area contributed by atoms with Crippen LogP contribution in [-0.4, -0.2) is 41.7 Å². The van der Waals surface area contributed by atoms with Gasteiger partial charge in [-0.3, -0.25) is 9.69 Å². The van der Waals surface area contributed by atoms with Crippen LogP contribution in [0.3, 0.4) is 0 Å². The Morgan fingerprint density at radius 2 is 1.76 bits per heavy atom. The maximum absolute atomic E-state index is 12.7. The molecule has 0 aromatic heterocycles. The van der Waals surface area contributed by atoms with Gasteiger partial charge in [-0.2, -0.15) is 0 Å². The molecule has 1 aliphatic rings. The number of likely N-dealkylation sites (N-methyl/N-ethyl adjacent to an activating group) is 1. The molecule has 0 bridgehead atoms. The number of phenolic OH excluding ortho intramolecular Hbond substituents is 1. The maximum Gasteiger partial charge on any atom is 0.234 e. The molecule has 1 aromatic carbocycles. The molecule has 5 heteroatoms. The predicted molar refractivity (Wildman–Crippen MR) is 119 cm³/mol. The van der Waals surface area contributed by atoms with Crippen molar-refractivity contribution in [2.75, 3.05) is 19.6 Å². The molecule has 164 valence electrons. The van der Waals surface area contributed by atoms with Crippen molar-refractivity contribution in [3.8, 4) is 11.5 Å². The fraction of sp³-hybridized carbons (Fsp3) is 0.708. The van der Waals surface area contributed by atoms with Gasteiger partial charge in [-0.15, -0.1) is 0 Å². The molecule has 2 unspecified atom stereocenters. The first-order valence-electron chi connectivity index (χ1n) is 11.3. The van der Waals surface area contributed by atoms with E-state index in [1.807, 2.05) is 20.8 Å². The lowest BCUT2D eigenvalue weighted by Crippen LogP contribution is -2.42. The summed E-state index contributed by atoms with van der Waals surface area (Å²) in [5.41, 5.74) is 3.61. The van der Waals surface area contributed by atoms with Gasteiger partial charge in [0.1, 0.15) is 17.6 Å². The number of unbranched alkanes of at least 4 members (excludes halogenated alkanes) is 3. The number of carbonyl (C=O) groups excluding carboxylic acids is 1. The molecule has 1 aliphatic heterocycles. The molecule has 2 N–H and O–H groups in total. The van der Waals surface area contributed by atoms with Crippen LogP contribution in [0.2, 0.25) is 0 Å². The SMILES string of the molecule is CCCCCCC1CC(NC(=O)CN(CC)CC)c2c(C)c(O)c(C)c(C)c2O1. The molecule has 0 radical (unpaired) electrons. The van der Waals surface area contributed by atoms with Gasteiger partial charge < -0.3 is 15.2 Å². The second-order valence-electron chi connectivity index (χ2n) is 8.37. The highest BCUT2D eigenvalue weighted by Gasteiger charge is 2.34. The van der Waals surface area contributed by atoms with E-state index in [9.17, 15) is 9.90 Å². The van der Waals surface area contributed by atoms with Crippen LogP contribution in [0.15, 0.2) is 0 Å². The summed E-state index contributed by atoms with van der Waals surface area (Å²) in [7, 11) is 0. The molecule has 0 saturated heterocycles. The van der Waals surface area contributed by atoms with Crippen molar-refractivity contribution in [3.05, 3.63) is 22.3 Å². The van der Waals surface area contributed by atoms with E-state index < -0.39 is 0 Å². The number of aromatic hydroxyl groups is 1. The van der Waals surface area contributed by atoms with E-state index in [2.05, 4.69) is 31.0 Å². The molecule has 1 aromatic rings. The summed E-state index contributed by atoms with van der Waals surface area (Å²) in [4.78, 5) is 14.9. The number of amides is 1. The van der Waals surface area contributed by atoms with Gasteiger partial charge in [-0.05, 0) is 57.8 Å². The van der Waals surface area contributed by atoms with Crippen molar-refractivity contribution in [2.24, 2.45) is 0 Å². The molecular formula is C24H40N2O3. The van der Waals surface area contributed by atoms with Crippen LogP contribution in [0.5, 0.6) is 11.5 Å². The topological polar surface area (TPSA) is 61.8 Å². The van der Waals surface area contributed by atoms with Gasteiger partial charge in [-0.25, -0.2) is 0 Å². The molecular weight excluding hydrogens is 364 g/mol. The Labute approximate surface area is 176 Å². The van der Waals surface area contributed by atoms with Crippen molar-refractivity contribution in [2.45, 2.75) is 92.2 Å². The number of nitrogens with zero attached hydrogens (tertiary/aromatic N) is 1. The van der Waals surface area contributed by atoms with E-state index in [1.165, 1.54) is 19.3 Å². The Balaban J connectivity index is 2.27. The van der Waals surface area contributed by atoms with E-state index in [1.54, 1.807) is 0 Å². The molecule has 0 saturated carbocycles. The normalized spacial score (nSPS) is 18.4. The van der Waals surface area contributed by atoms with Crippen LogP contribution in [0, 0.1) is 20.8 Å². The number of carbonyl (C=O) groups is 1. The first-order valence-corrected chi connectivity index (χ1v) is 11.3. The zero-order valence-electron chi connectivity index (χ0n) is 19.2. The van der Waals surface area contributed by atoms with Crippen molar-refractivity contribution >= 4 is 5.91 Å². The number of fused-ring (bicyclic) bond motifs is 1. The standard InChI is InChI=1S/C24H40N2O3/c1-7-10-11-12-13-19-14-20(25-21(27)15-26(8-2)9-3)22-18(6)23(28)16(4)17(5)24(22)29-19/h19-20,28H,7-15H2,1-6H3,(H,25,27). The summed E-state index contributed by atoms with van der Waals surface area (Å²) >= 11 is 0. The lowest BCUT2D eigenvalue weighted by molar-refractivity contribution is -0.123. The van der Waals surface area contributed by atoms with Crippen LogP contribution in [0.4, 0.5) is 0 Å². The fourth-order valence-corrected chi connectivity index (χ4v) is 4.29. The Morgan fingerprint density at radius 3 is 2.38 bits per heavy atom. The summed E-state index contributed by atoms with van der Waals surface area (Å²) < 4.78 is 6.42. The second kappa shape index (κ2) is 10.9. The smallest absolute Gasteiger partial charge is 0.234 e. The van der Waals surface area contributed by atoms with Crippen molar-refractivity contribution < 1.29 is 14.6 Å². The monoisotopic (exact) mass is 404 g/mol. The number of nitrogens with one attached hydrogen (secondary N) is 1. The summed E-state index contributed by atoms with van der Waals surface area (Å²) in [5.74, 6) is 1.21. The van der Waals surface area contributed by atoms with E-state index >= 15 is 0 Å². The number of benzene rings is 1. The highest BCUT2D eigenvalue weighted by molar-refractivity contribution is 5.79. The van der Waals surface area contributed by atoms with Crippen molar-refractivity contribution in [1.29, 1.82) is 0 Å². The summed E-state index contributed by atoms with van der Waals surface area (Å²) in [6.07, 6.45) is 6.68. The van der Waals surface area contributed by atoms with Gasteiger partial charge in [-0.1, -0.05) is 40.0 Å². The number of hydrogen-bond donors (Lipinski definition) is 2. The molecule has 0 aliphatic carbocycles. The Hall–Kier alpha value is -1.75. The molecule has 2 rings (SSSR count). The van der Waals surface area contributed by atoms with E-state index in [4.69, 9.17) is 4.74 Å².